The lowest BCUT2D eigenvalue weighted by Gasteiger charge is -2.16. The SMILES string of the molecule is FC(F)(F)c1cnc(Nc2ccc(I)cc2)nc1Nc1ccc(C2CCCC2)cc1. The van der Waals surface area contributed by atoms with Gasteiger partial charge < -0.3 is 10.6 Å². The minimum atomic E-state index is -4.56. The van der Waals surface area contributed by atoms with Crippen LogP contribution in [0.2, 0.25) is 0 Å². The summed E-state index contributed by atoms with van der Waals surface area (Å²) >= 11 is 2.18. The maximum atomic E-state index is 13.5. The highest BCUT2D eigenvalue weighted by Gasteiger charge is 2.35. The summed E-state index contributed by atoms with van der Waals surface area (Å²) in [6.45, 7) is 0. The van der Waals surface area contributed by atoms with Crippen LogP contribution in [0, 0.1) is 3.57 Å². The molecule has 30 heavy (non-hydrogen) atoms. The second kappa shape index (κ2) is 8.79. The summed E-state index contributed by atoms with van der Waals surface area (Å²) in [6, 6.07) is 15.0. The highest BCUT2D eigenvalue weighted by atomic mass is 127. The number of nitrogens with one attached hydrogen (secondary N) is 2. The molecule has 1 saturated carbocycles. The Morgan fingerprint density at radius 2 is 1.47 bits per heavy atom. The van der Waals surface area contributed by atoms with Gasteiger partial charge in [0.25, 0.3) is 0 Å². The normalized spacial score (nSPS) is 14.7. The highest BCUT2D eigenvalue weighted by molar-refractivity contribution is 14.1. The Hall–Kier alpha value is -2.36. The first-order valence-electron chi connectivity index (χ1n) is 9.72. The minimum absolute atomic E-state index is 0.0919. The largest absolute Gasteiger partial charge is 0.421 e. The number of aromatic nitrogens is 2. The maximum absolute atomic E-state index is 13.5. The molecule has 2 aromatic carbocycles. The molecule has 0 radical (unpaired) electrons. The van der Waals surface area contributed by atoms with Crippen molar-refractivity contribution in [3.63, 3.8) is 0 Å². The molecule has 0 amide bonds. The number of rotatable bonds is 5. The predicted molar refractivity (Wildman–Crippen MR) is 120 cm³/mol. The predicted octanol–water partition coefficient (Wildman–Crippen LogP) is 7.24. The smallest absolute Gasteiger partial charge is 0.340 e. The number of nitrogens with zero attached hydrogens (tertiary/aromatic N) is 2. The van der Waals surface area contributed by atoms with Crippen molar-refractivity contribution in [3.05, 3.63) is 69.4 Å². The Kier molecular flexibility index (Phi) is 6.12. The van der Waals surface area contributed by atoms with Crippen LogP contribution < -0.4 is 10.6 Å². The van der Waals surface area contributed by atoms with Crippen molar-refractivity contribution in [1.29, 1.82) is 0 Å². The zero-order chi connectivity index (χ0) is 21.1. The van der Waals surface area contributed by atoms with Crippen LogP contribution in [0.15, 0.2) is 54.7 Å². The van der Waals surface area contributed by atoms with Gasteiger partial charge in [0.1, 0.15) is 11.4 Å². The second-order valence-electron chi connectivity index (χ2n) is 7.31. The Morgan fingerprint density at radius 3 is 2.10 bits per heavy atom. The molecule has 2 N–H and O–H groups in total. The molecule has 1 aliphatic rings. The molecule has 0 saturated heterocycles. The lowest BCUT2D eigenvalue weighted by Crippen LogP contribution is -2.12. The monoisotopic (exact) mass is 524 g/mol. The van der Waals surface area contributed by atoms with E-state index in [1.807, 2.05) is 48.5 Å². The van der Waals surface area contributed by atoms with Gasteiger partial charge in [-0.05, 0) is 83.3 Å². The Labute approximate surface area is 186 Å². The van der Waals surface area contributed by atoms with Crippen LogP contribution in [0.25, 0.3) is 0 Å². The van der Waals surface area contributed by atoms with Gasteiger partial charge in [-0.25, -0.2) is 4.98 Å². The van der Waals surface area contributed by atoms with E-state index in [0.717, 1.165) is 9.77 Å². The van der Waals surface area contributed by atoms with Gasteiger partial charge in [-0.15, -0.1) is 0 Å². The fourth-order valence-electron chi connectivity index (χ4n) is 3.64. The topological polar surface area (TPSA) is 49.8 Å². The van der Waals surface area contributed by atoms with E-state index in [9.17, 15) is 13.2 Å². The van der Waals surface area contributed by atoms with E-state index in [-0.39, 0.29) is 11.8 Å². The first-order chi connectivity index (χ1) is 14.4. The molecule has 0 unspecified atom stereocenters. The number of hydrogen-bond donors (Lipinski definition) is 2. The number of benzene rings is 2. The lowest BCUT2D eigenvalue weighted by atomic mass is 9.97. The van der Waals surface area contributed by atoms with Crippen molar-refractivity contribution >= 4 is 45.7 Å². The van der Waals surface area contributed by atoms with Crippen LogP contribution in [0.1, 0.15) is 42.7 Å². The molecule has 0 atom stereocenters. The minimum Gasteiger partial charge on any atom is -0.340 e. The molecule has 1 aromatic heterocycles. The average molecular weight is 524 g/mol. The van der Waals surface area contributed by atoms with Crippen molar-refractivity contribution in [2.75, 3.05) is 10.6 Å². The Morgan fingerprint density at radius 1 is 0.867 bits per heavy atom. The molecule has 156 valence electrons. The first-order valence-corrected chi connectivity index (χ1v) is 10.8. The number of anilines is 4. The average Bonchev–Trinajstić information content (AvgIpc) is 3.24. The summed E-state index contributed by atoms with van der Waals surface area (Å²) in [7, 11) is 0. The summed E-state index contributed by atoms with van der Waals surface area (Å²) in [5.74, 6) is 0.363. The summed E-state index contributed by atoms with van der Waals surface area (Å²) < 4.78 is 41.5. The fraction of sp³-hybridized carbons (Fsp3) is 0.273. The van der Waals surface area contributed by atoms with E-state index >= 15 is 0 Å². The highest BCUT2D eigenvalue weighted by Crippen LogP contribution is 2.37. The molecule has 0 bridgehead atoms. The van der Waals surface area contributed by atoms with Crippen molar-refractivity contribution in [2.45, 2.75) is 37.8 Å². The molecule has 0 spiro atoms. The van der Waals surface area contributed by atoms with E-state index in [4.69, 9.17) is 0 Å². The van der Waals surface area contributed by atoms with Crippen LogP contribution in [-0.2, 0) is 6.18 Å². The van der Waals surface area contributed by atoms with E-state index in [1.165, 1.54) is 31.2 Å². The molecule has 1 aliphatic carbocycles. The van der Waals surface area contributed by atoms with E-state index in [1.54, 1.807) is 0 Å². The molecule has 4 nitrogen and oxygen atoms in total. The van der Waals surface area contributed by atoms with Crippen molar-refractivity contribution in [1.82, 2.24) is 9.97 Å². The standard InChI is InChI=1S/C22H20F3IN4/c23-22(24,25)19-13-27-21(29-18-11-7-16(26)8-12-18)30-20(19)28-17-9-5-15(6-10-17)14-3-1-2-4-14/h5-14H,1-4H2,(H2,27,28,29,30). The van der Waals surface area contributed by atoms with Crippen LogP contribution >= 0.6 is 22.6 Å². The third-order valence-electron chi connectivity index (χ3n) is 5.19. The second-order valence-corrected chi connectivity index (χ2v) is 8.56. The first kappa shape index (κ1) is 20.9. The molecule has 8 heteroatoms. The number of alkyl halides is 3. The van der Waals surface area contributed by atoms with Crippen LogP contribution in [0.3, 0.4) is 0 Å². The van der Waals surface area contributed by atoms with Crippen LogP contribution in [0.4, 0.5) is 36.3 Å². The Bertz CT molecular complexity index is 998. The van der Waals surface area contributed by atoms with Gasteiger partial charge in [-0.2, -0.15) is 18.2 Å². The molecule has 4 rings (SSSR count). The van der Waals surface area contributed by atoms with Gasteiger partial charge in [0.2, 0.25) is 5.95 Å². The van der Waals surface area contributed by atoms with Crippen LogP contribution in [0.5, 0.6) is 0 Å². The molecule has 0 aliphatic heterocycles. The van der Waals surface area contributed by atoms with Gasteiger partial charge in [0.15, 0.2) is 0 Å². The maximum Gasteiger partial charge on any atom is 0.421 e. The van der Waals surface area contributed by atoms with E-state index in [0.29, 0.717) is 17.3 Å². The van der Waals surface area contributed by atoms with Gasteiger partial charge in [0.05, 0.1) is 0 Å². The summed E-state index contributed by atoms with van der Waals surface area (Å²) in [4.78, 5) is 7.94. The van der Waals surface area contributed by atoms with Gasteiger partial charge >= 0.3 is 6.18 Å². The molecule has 1 heterocycles. The summed E-state index contributed by atoms with van der Waals surface area (Å²) in [5.41, 5.74) is 1.58. The fourth-order valence-corrected chi connectivity index (χ4v) is 4.00. The van der Waals surface area contributed by atoms with Gasteiger partial charge in [-0.3, -0.25) is 0 Å². The zero-order valence-electron chi connectivity index (χ0n) is 16.0. The molecule has 1 fully saturated rings. The molecule has 3 aromatic rings. The molecular formula is C22H20F3IN4. The molecular weight excluding hydrogens is 504 g/mol. The number of halogens is 4. The quantitative estimate of drug-likeness (QED) is 0.346. The zero-order valence-corrected chi connectivity index (χ0v) is 18.2. The number of hydrogen-bond acceptors (Lipinski definition) is 4. The van der Waals surface area contributed by atoms with Crippen molar-refractivity contribution in [3.8, 4) is 0 Å². The Balaban J connectivity index is 1.58. The summed E-state index contributed by atoms with van der Waals surface area (Å²) in [5, 5.41) is 5.77. The third-order valence-corrected chi connectivity index (χ3v) is 5.91. The lowest BCUT2D eigenvalue weighted by molar-refractivity contribution is -0.137. The van der Waals surface area contributed by atoms with E-state index < -0.39 is 11.7 Å². The van der Waals surface area contributed by atoms with E-state index in [2.05, 4.69) is 43.2 Å². The van der Waals surface area contributed by atoms with Gasteiger partial charge in [0, 0.05) is 21.1 Å². The van der Waals surface area contributed by atoms with Crippen molar-refractivity contribution in [2.24, 2.45) is 0 Å². The summed E-state index contributed by atoms with van der Waals surface area (Å²) in [6.07, 6.45) is 1.05. The third kappa shape index (κ3) is 5.03. The van der Waals surface area contributed by atoms with Gasteiger partial charge in [-0.1, -0.05) is 25.0 Å². The van der Waals surface area contributed by atoms with Crippen molar-refractivity contribution < 1.29 is 13.2 Å². The van der Waals surface area contributed by atoms with Crippen LogP contribution in [-0.4, -0.2) is 9.97 Å².